The maximum Gasteiger partial charge on any atom is 0.305 e. The maximum absolute atomic E-state index is 13.3. The van der Waals surface area contributed by atoms with E-state index in [0.717, 1.165) is 42.6 Å². The van der Waals surface area contributed by atoms with Gasteiger partial charge in [-0.3, -0.25) is 14.7 Å². The molecule has 1 atom stereocenters. The third-order valence-corrected chi connectivity index (χ3v) is 5.12. The van der Waals surface area contributed by atoms with Crippen molar-refractivity contribution in [2.24, 2.45) is 0 Å². The lowest BCUT2D eigenvalue weighted by Gasteiger charge is -2.14. The van der Waals surface area contributed by atoms with Crippen LogP contribution in [0.1, 0.15) is 12.8 Å². The van der Waals surface area contributed by atoms with Gasteiger partial charge in [0.1, 0.15) is 18.2 Å². The first kappa shape index (κ1) is 18.4. The molecule has 1 aliphatic rings. The number of nitro groups is 1. The number of ether oxygens (including phenoxy) is 1. The van der Waals surface area contributed by atoms with Gasteiger partial charge >= 0.3 is 5.69 Å². The van der Waals surface area contributed by atoms with Crippen molar-refractivity contribution in [1.82, 2.24) is 24.7 Å². The average Bonchev–Trinajstić information content (AvgIpc) is 3.34. The normalized spacial score (nSPS) is 16.4. The number of halogens is 1. The van der Waals surface area contributed by atoms with Crippen molar-refractivity contribution in [2.75, 3.05) is 6.61 Å². The molecule has 3 heterocycles. The predicted molar refractivity (Wildman–Crippen MR) is 97.2 cm³/mol. The molecule has 1 unspecified atom stereocenters. The highest BCUT2D eigenvalue weighted by Crippen LogP contribution is 2.29. The molecular formula is C17H15FN6O3S. The van der Waals surface area contributed by atoms with Gasteiger partial charge in [0.25, 0.3) is 0 Å². The lowest BCUT2D eigenvalue weighted by atomic mass is 10.2. The highest BCUT2D eigenvalue weighted by Gasteiger charge is 2.23. The van der Waals surface area contributed by atoms with E-state index in [1.54, 1.807) is 12.1 Å². The van der Waals surface area contributed by atoms with Gasteiger partial charge in [0.2, 0.25) is 0 Å². The summed E-state index contributed by atoms with van der Waals surface area (Å²) in [6.45, 7) is 1.25. The van der Waals surface area contributed by atoms with E-state index in [4.69, 9.17) is 4.74 Å². The summed E-state index contributed by atoms with van der Waals surface area (Å²) in [6, 6.07) is 6.02. The van der Waals surface area contributed by atoms with E-state index < -0.39 is 4.92 Å². The maximum atomic E-state index is 13.3. The summed E-state index contributed by atoms with van der Waals surface area (Å²) in [7, 11) is 0. The molecule has 9 nitrogen and oxygen atoms in total. The molecule has 11 heteroatoms. The molecule has 144 valence electrons. The van der Waals surface area contributed by atoms with Crippen molar-refractivity contribution >= 4 is 17.4 Å². The second-order valence-corrected chi connectivity index (χ2v) is 7.08. The van der Waals surface area contributed by atoms with Crippen molar-refractivity contribution in [3.05, 3.63) is 52.6 Å². The zero-order valence-corrected chi connectivity index (χ0v) is 15.4. The van der Waals surface area contributed by atoms with Gasteiger partial charge in [-0.1, -0.05) is 0 Å². The first-order valence-corrected chi connectivity index (χ1v) is 9.37. The second-order valence-electron chi connectivity index (χ2n) is 6.14. The molecule has 28 heavy (non-hydrogen) atoms. The van der Waals surface area contributed by atoms with E-state index in [1.165, 1.54) is 12.1 Å². The molecule has 1 aromatic carbocycles. The molecule has 0 N–H and O–H groups in total. The van der Waals surface area contributed by atoms with E-state index in [-0.39, 0.29) is 17.6 Å². The summed E-state index contributed by atoms with van der Waals surface area (Å²) in [6.07, 6.45) is 4.26. The van der Waals surface area contributed by atoms with Crippen LogP contribution in [0.15, 0.2) is 47.0 Å². The molecule has 3 aromatic rings. The molecule has 0 amide bonds. The average molecular weight is 402 g/mol. The van der Waals surface area contributed by atoms with Crippen LogP contribution in [-0.2, 0) is 11.3 Å². The molecule has 0 radical (unpaired) electrons. The highest BCUT2D eigenvalue weighted by molar-refractivity contribution is 7.99. The van der Waals surface area contributed by atoms with Crippen molar-refractivity contribution < 1.29 is 14.1 Å². The number of benzene rings is 1. The van der Waals surface area contributed by atoms with Gasteiger partial charge in [0, 0.05) is 12.2 Å². The molecule has 4 rings (SSSR count). The van der Waals surface area contributed by atoms with Crippen LogP contribution in [0.4, 0.5) is 10.1 Å². The molecule has 0 saturated carbocycles. The summed E-state index contributed by atoms with van der Waals surface area (Å²) in [4.78, 5) is 18.2. The molecule has 2 aromatic heterocycles. The zero-order valence-electron chi connectivity index (χ0n) is 14.6. The molecule has 0 spiro atoms. The summed E-state index contributed by atoms with van der Waals surface area (Å²) in [5, 5.41) is 20.1. The predicted octanol–water partition coefficient (Wildman–Crippen LogP) is 3.11. The van der Waals surface area contributed by atoms with Crippen LogP contribution in [0.3, 0.4) is 0 Å². The van der Waals surface area contributed by atoms with E-state index in [2.05, 4.69) is 20.2 Å². The number of rotatable bonds is 6. The third kappa shape index (κ3) is 3.99. The van der Waals surface area contributed by atoms with E-state index in [9.17, 15) is 14.5 Å². The number of hydrogen-bond donors (Lipinski definition) is 0. The van der Waals surface area contributed by atoms with Gasteiger partial charge in [-0.15, -0.1) is 10.2 Å². The van der Waals surface area contributed by atoms with Crippen LogP contribution in [0.25, 0.3) is 11.4 Å². The Morgan fingerprint density at radius 2 is 2.00 bits per heavy atom. The van der Waals surface area contributed by atoms with Gasteiger partial charge in [-0.05, 0) is 48.9 Å². The Kier molecular flexibility index (Phi) is 5.26. The van der Waals surface area contributed by atoms with Gasteiger partial charge in [0.05, 0.1) is 17.6 Å². The molecule has 0 aliphatic carbocycles. The largest absolute Gasteiger partial charge is 0.376 e. The standard InChI is InChI=1S/C17H15FN6O3S/c18-12-5-3-11(4-6-12)15-21-22-17(23(15)10-14-2-1-7-27-14)28-16-19-8-13(9-20-16)24(25)26/h3-6,8-9,14H,1-2,7,10H2. The Bertz CT molecular complexity index is 974. The Labute approximate surface area is 163 Å². The minimum absolute atomic E-state index is 0.0346. The minimum Gasteiger partial charge on any atom is -0.376 e. The zero-order chi connectivity index (χ0) is 19.5. The molecule has 1 aliphatic heterocycles. The lowest BCUT2D eigenvalue weighted by Crippen LogP contribution is -2.16. The van der Waals surface area contributed by atoms with Crippen LogP contribution >= 0.6 is 11.8 Å². The van der Waals surface area contributed by atoms with Crippen LogP contribution in [0.2, 0.25) is 0 Å². The summed E-state index contributed by atoms with van der Waals surface area (Å²) in [5.74, 6) is 0.253. The topological polar surface area (TPSA) is 109 Å². The Hall–Kier alpha value is -2.92. The van der Waals surface area contributed by atoms with Gasteiger partial charge in [0.15, 0.2) is 16.1 Å². The summed E-state index contributed by atoms with van der Waals surface area (Å²) < 4.78 is 20.9. The van der Waals surface area contributed by atoms with Crippen molar-refractivity contribution in [3.8, 4) is 11.4 Å². The van der Waals surface area contributed by atoms with Crippen molar-refractivity contribution in [3.63, 3.8) is 0 Å². The monoisotopic (exact) mass is 402 g/mol. The Morgan fingerprint density at radius 3 is 2.64 bits per heavy atom. The SMILES string of the molecule is O=[N+]([O-])c1cnc(Sc2nnc(-c3ccc(F)cc3)n2CC2CCCO2)nc1. The Balaban J connectivity index is 1.65. The molecule has 1 fully saturated rings. The lowest BCUT2D eigenvalue weighted by molar-refractivity contribution is -0.385. The minimum atomic E-state index is -0.555. The van der Waals surface area contributed by atoms with Crippen molar-refractivity contribution in [2.45, 2.75) is 35.8 Å². The molecule has 0 bridgehead atoms. The van der Waals surface area contributed by atoms with Crippen molar-refractivity contribution in [1.29, 1.82) is 0 Å². The smallest absolute Gasteiger partial charge is 0.305 e. The number of aromatic nitrogens is 5. The summed E-state index contributed by atoms with van der Waals surface area (Å²) >= 11 is 1.15. The quantitative estimate of drug-likeness (QED) is 0.351. The Morgan fingerprint density at radius 1 is 1.25 bits per heavy atom. The van der Waals surface area contributed by atoms with Gasteiger partial charge in [-0.2, -0.15) is 0 Å². The van der Waals surface area contributed by atoms with E-state index in [0.29, 0.717) is 29.3 Å². The first-order chi connectivity index (χ1) is 13.6. The number of nitrogens with zero attached hydrogens (tertiary/aromatic N) is 6. The van der Waals surface area contributed by atoms with E-state index >= 15 is 0 Å². The van der Waals surface area contributed by atoms with Gasteiger partial charge < -0.3 is 4.74 Å². The van der Waals surface area contributed by atoms with Gasteiger partial charge in [-0.25, -0.2) is 14.4 Å². The number of hydrogen-bond acceptors (Lipinski definition) is 8. The van der Waals surface area contributed by atoms with E-state index in [1.807, 2.05) is 4.57 Å². The van der Waals surface area contributed by atoms with Crippen LogP contribution in [-0.4, -0.2) is 42.4 Å². The summed E-state index contributed by atoms with van der Waals surface area (Å²) in [5.41, 5.74) is 0.542. The van der Waals surface area contributed by atoms with Crippen LogP contribution in [0, 0.1) is 15.9 Å². The van der Waals surface area contributed by atoms with Crippen LogP contribution < -0.4 is 0 Å². The third-order valence-electron chi connectivity index (χ3n) is 4.24. The fourth-order valence-electron chi connectivity index (χ4n) is 2.87. The fraction of sp³-hybridized carbons (Fsp3) is 0.294. The first-order valence-electron chi connectivity index (χ1n) is 8.55. The molecular weight excluding hydrogens is 387 g/mol. The highest BCUT2D eigenvalue weighted by atomic mass is 32.2. The second kappa shape index (κ2) is 7.98. The van der Waals surface area contributed by atoms with Crippen LogP contribution in [0.5, 0.6) is 0 Å². The fourth-order valence-corrected chi connectivity index (χ4v) is 3.60. The molecule has 1 saturated heterocycles.